The second kappa shape index (κ2) is 3.55. The molecule has 82 valence electrons. The molecule has 0 radical (unpaired) electrons. The fraction of sp³-hybridized carbons (Fsp3) is 0.818. The summed E-state index contributed by atoms with van der Waals surface area (Å²) in [6.07, 6.45) is 2.79. The second-order valence-corrected chi connectivity index (χ2v) is 5.26. The number of hydrogen-bond donors (Lipinski definition) is 2. The van der Waals surface area contributed by atoms with Crippen LogP contribution in [-0.4, -0.2) is 18.1 Å². The molecule has 0 aliphatic carbocycles. The Morgan fingerprint density at radius 2 is 2.07 bits per heavy atom. The Labute approximate surface area is 86.2 Å². The quantitative estimate of drug-likeness (QED) is 0.681. The number of nitrogens with one attached hydrogen (secondary N) is 1. The van der Waals surface area contributed by atoms with Crippen molar-refractivity contribution in [2.45, 2.75) is 40.0 Å². The summed E-state index contributed by atoms with van der Waals surface area (Å²) in [5.41, 5.74) is 0.289. The van der Waals surface area contributed by atoms with Gasteiger partial charge in [-0.05, 0) is 18.9 Å². The normalized spacial score (nSPS) is 28.9. The van der Waals surface area contributed by atoms with Crippen LogP contribution in [0.25, 0.3) is 0 Å². The molecule has 1 aliphatic heterocycles. The maximum Gasteiger partial charge on any atom is 0.291 e. The molecule has 0 amide bonds. The highest BCUT2D eigenvalue weighted by Crippen LogP contribution is 2.35. The SMILES string of the molecule is CNC1(O)C=C(C(C)CC(C)(C)C)O1. The van der Waals surface area contributed by atoms with Gasteiger partial charge in [0.2, 0.25) is 0 Å². The third kappa shape index (κ3) is 2.72. The fourth-order valence-electron chi connectivity index (χ4n) is 1.76. The summed E-state index contributed by atoms with van der Waals surface area (Å²) in [6, 6.07) is 0. The Morgan fingerprint density at radius 1 is 1.57 bits per heavy atom. The first-order valence-electron chi connectivity index (χ1n) is 5.09. The van der Waals surface area contributed by atoms with Crippen molar-refractivity contribution in [1.82, 2.24) is 5.32 Å². The van der Waals surface area contributed by atoms with Crippen LogP contribution in [0.4, 0.5) is 0 Å². The lowest BCUT2D eigenvalue weighted by Gasteiger charge is -2.38. The highest BCUT2D eigenvalue weighted by atomic mass is 16.7. The van der Waals surface area contributed by atoms with Gasteiger partial charge in [0, 0.05) is 12.0 Å². The summed E-state index contributed by atoms with van der Waals surface area (Å²) in [5, 5.41) is 12.2. The van der Waals surface area contributed by atoms with E-state index in [2.05, 4.69) is 33.0 Å². The number of aliphatic hydroxyl groups is 1. The van der Waals surface area contributed by atoms with Crippen LogP contribution in [0.15, 0.2) is 11.8 Å². The average molecular weight is 199 g/mol. The van der Waals surface area contributed by atoms with Crippen molar-refractivity contribution in [2.24, 2.45) is 11.3 Å². The Balaban J connectivity index is 2.50. The molecule has 0 saturated heterocycles. The third-order valence-electron chi connectivity index (χ3n) is 2.37. The van der Waals surface area contributed by atoms with Crippen molar-refractivity contribution < 1.29 is 9.84 Å². The van der Waals surface area contributed by atoms with E-state index in [-0.39, 0.29) is 5.41 Å². The van der Waals surface area contributed by atoms with Crippen molar-refractivity contribution in [3.8, 4) is 0 Å². The second-order valence-electron chi connectivity index (χ2n) is 5.26. The lowest BCUT2D eigenvalue weighted by molar-refractivity contribution is -0.200. The number of likely N-dealkylation sites (N-methyl/N-ethyl adjacent to an activating group) is 1. The van der Waals surface area contributed by atoms with E-state index in [1.54, 1.807) is 13.1 Å². The molecule has 1 rings (SSSR count). The van der Waals surface area contributed by atoms with Crippen LogP contribution < -0.4 is 5.32 Å². The molecule has 1 aliphatic rings. The Bertz CT molecular complexity index is 242. The van der Waals surface area contributed by atoms with Gasteiger partial charge >= 0.3 is 0 Å². The van der Waals surface area contributed by atoms with Crippen LogP contribution >= 0.6 is 0 Å². The smallest absolute Gasteiger partial charge is 0.291 e. The van der Waals surface area contributed by atoms with Crippen LogP contribution in [0.3, 0.4) is 0 Å². The van der Waals surface area contributed by atoms with E-state index in [0.717, 1.165) is 12.2 Å². The van der Waals surface area contributed by atoms with Gasteiger partial charge in [0.1, 0.15) is 5.76 Å². The van der Waals surface area contributed by atoms with Crippen molar-refractivity contribution in [1.29, 1.82) is 0 Å². The molecule has 0 aromatic heterocycles. The minimum absolute atomic E-state index is 0.289. The molecule has 3 heteroatoms. The predicted molar refractivity (Wildman–Crippen MR) is 56.4 cm³/mol. The maximum atomic E-state index is 9.53. The van der Waals surface area contributed by atoms with Gasteiger partial charge in [-0.1, -0.05) is 27.7 Å². The topological polar surface area (TPSA) is 41.5 Å². The Hall–Kier alpha value is -0.540. The minimum atomic E-state index is -1.22. The van der Waals surface area contributed by atoms with Crippen molar-refractivity contribution >= 4 is 0 Å². The Morgan fingerprint density at radius 3 is 2.43 bits per heavy atom. The van der Waals surface area contributed by atoms with Gasteiger partial charge in [-0.15, -0.1) is 0 Å². The van der Waals surface area contributed by atoms with Gasteiger partial charge in [-0.3, -0.25) is 5.32 Å². The van der Waals surface area contributed by atoms with Gasteiger partial charge < -0.3 is 9.84 Å². The maximum absolute atomic E-state index is 9.53. The zero-order valence-corrected chi connectivity index (χ0v) is 9.72. The molecule has 1 heterocycles. The van der Waals surface area contributed by atoms with Crippen molar-refractivity contribution in [3.05, 3.63) is 11.8 Å². The molecular weight excluding hydrogens is 178 g/mol. The molecule has 3 nitrogen and oxygen atoms in total. The van der Waals surface area contributed by atoms with Gasteiger partial charge in [0.15, 0.2) is 0 Å². The summed E-state index contributed by atoms with van der Waals surface area (Å²) in [4.78, 5) is 0. The van der Waals surface area contributed by atoms with E-state index < -0.39 is 5.91 Å². The van der Waals surface area contributed by atoms with Crippen molar-refractivity contribution in [3.63, 3.8) is 0 Å². The Kier molecular flexibility index (Phi) is 2.93. The van der Waals surface area contributed by atoms with Crippen LogP contribution in [0, 0.1) is 11.3 Å². The van der Waals surface area contributed by atoms with Crippen LogP contribution in [0.2, 0.25) is 0 Å². The van der Waals surface area contributed by atoms with E-state index in [0.29, 0.717) is 5.92 Å². The molecule has 0 aromatic rings. The molecule has 2 atom stereocenters. The molecule has 0 saturated carbocycles. The van der Waals surface area contributed by atoms with Gasteiger partial charge in [-0.25, -0.2) is 0 Å². The minimum Gasteiger partial charge on any atom is -0.450 e. The molecule has 2 N–H and O–H groups in total. The lowest BCUT2D eigenvalue weighted by Crippen LogP contribution is -2.50. The zero-order chi connectivity index (χ0) is 11.0. The molecular formula is C11H21NO2. The number of rotatable bonds is 3. The van der Waals surface area contributed by atoms with E-state index in [1.165, 1.54) is 0 Å². The summed E-state index contributed by atoms with van der Waals surface area (Å²) in [5.74, 6) is 0.0296. The average Bonchev–Trinajstić information content (AvgIpc) is 1.95. The summed E-state index contributed by atoms with van der Waals surface area (Å²) < 4.78 is 5.29. The molecule has 0 spiro atoms. The molecule has 0 aromatic carbocycles. The molecule has 14 heavy (non-hydrogen) atoms. The lowest BCUT2D eigenvalue weighted by atomic mass is 9.84. The molecule has 0 fully saturated rings. The highest BCUT2D eigenvalue weighted by Gasteiger charge is 2.38. The molecule has 2 unspecified atom stereocenters. The zero-order valence-electron chi connectivity index (χ0n) is 9.72. The monoisotopic (exact) mass is 199 g/mol. The van der Waals surface area contributed by atoms with E-state index in [9.17, 15) is 5.11 Å². The van der Waals surface area contributed by atoms with Crippen LogP contribution in [0.1, 0.15) is 34.1 Å². The number of hydrogen-bond acceptors (Lipinski definition) is 3. The van der Waals surface area contributed by atoms with Gasteiger partial charge in [0.25, 0.3) is 5.91 Å². The van der Waals surface area contributed by atoms with E-state index in [1.807, 2.05) is 0 Å². The summed E-state index contributed by atoms with van der Waals surface area (Å²) in [7, 11) is 1.67. The number of ether oxygens (including phenoxy) is 1. The van der Waals surface area contributed by atoms with Crippen LogP contribution in [-0.2, 0) is 4.74 Å². The first kappa shape index (κ1) is 11.5. The predicted octanol–water partition coefficient (Wildman–Crippen LogP) is 1.84. The largest absolute Gasteiger partial charge is 0.450 e. The molecule has 0 bridgehead atoms. The fourth-order valence-corrected chi connectivity index (χ4v) is 1.76. The summed E-state index contributed by atoms with van der Waals surface area (Å²) >= 11 is 0. The standard InChI is InChI=1S/C11H21NO2/c1-8(6-10(2,3)4)9-7-11(13,12-5)14-9/h7-8,12-13H,6H2,1-5H3. The third-order valence-corrected chi connectivity index (χ3v) is 2.37. The summed E-state index contributed by atoms with van der Waals surface area (Å²) in [6.45, 7) is 8.72. The first-order chi connectivity index (χ1) is 6.26. The van der Waals surface area contributed by atoms with Gasteiger partial charge in [-0.2, -0.15) is 0 Å². The first-order valence-corrected chi connectivity index (χ1v) is 5.09. The van der Waals surface area contributed by atoms with Crippen LogP contribution in [0.5, 0.6) is 0 Å². The van der Waals surface area contributed by atoms with E-state index in [4.69, 9.17) is 4.74 Å². The van der Waals surface area contributed by atoms with E-state index >= 15 is 0 Å². The number of allylic oxidation sites excluding steroid dienone is 1. The van der Waals surface area contributed by atoms with Gasteiger partial charge in [0.05, 0.1) is 0 Å². The highest BCUT2D eigenvalue weighted by molar-refractivity contribution is 5.14. The van der Waals surface area contributed by atoms with Crippen molar-refractivity contribution in [2.75, 3.05) is 7.05 Å².